The van der Waals surface area contributed by atoms with Gasteiger partial charge < -0.3 is 0 Å². The van der Waals surface area contributed by atoms with Gasteiger partial charge in [-0.25, -0.2) is 0 Å². The maximum absolute atomic E-state index is 9.13. The number of aryl methyl sites for hydroxylation is 1. The van der Waals surface area contributed by atoms with Crippen LogP contribution >= 0.6 is 11.6 Å². The molecule has 0 radical (unpaired) electrons. The van der Waals surface area contributed by atoms with E-state index < -0.39 is 5.41 Å². The molecule has 0 aliphatic carbocycles. The van der Waals surface area contributed by atoms with Gasteiger partial charge in [0.2, 0.25) is 0 Å². The van der Waals surface area contributed by atoms with E-state index in [-0.39, 0.29) is 0 Å². The zero-order valence-electron chi connectivity index (χ0n) is 8.76. The molecule has 1 aromatic carbocycles. The Morgan fingerprint density at radius 1 is 1.43 bits per heavy atom. The number of nitriles is 1. The van der Waals surface area contributed by atoms with Crippen molar-refractivity contribution < 1.29 is 0 Å². The summed E-state index contributed by atoms with van der Waals surface area (Å²) in [6.45, 7) is 5.94. The summed E-state index contributed by atoms with van der Waals surface area (Å²) in [5.41, 5.74) is 1.69. The summed E-state index contributed by atoms with van der Waals surface area (Å²) in [4.78, 5) is 0. The van der Waals surface area contributed by atoms with E-state index in [0.29, 0.717) is 5.02 Å². The maximum Gasteiger partial charge on any atom is 0.0792 e. The average Bonchev–Trinajstić information content (AvgIpc) is 2.15. The van der Waals surface area contributed by atoms with Gasteiger partial charge in [0.15, 0.2) is 0 Å². The third-order valence-electron chi connectivity index (χ3n) is 2.63. The molecule has 0 aliphatic heterocycles. The highest BCUT2D eigenvalue weighted by Crippen LogP contribution is 2.29. The van der Waals surface area contributed by atoms with Crippen molar-refractivity contribution >= 4 is 11.6 Å². The summed E-state index contributed by atoms with van der Waals surface area (Å²) in [7, 11) is 0. The molecular weight excluding hydrogens is 194 g/mol. The van der Waals surface area contributed by atoms with E-state index in [4.69, 9.17) is 16.9 Å². The van der Waals surface area contributed by atoms with Gasteiger partial charge in [-0.2, -0.15) is 5.26 Å². The smallest absolute Gasteiger partial charge is 0.0792 e. The molecule has 0 aromatic heterocycles. The lowest BCUT2D eigenvalue weighted by Crippen LogP contribution is -2.18. The number of benzene rings is 1. The quantitative estimate of drug-likeness (QED) is 0.723. The molecule has 74 valence electrons. The number of hydrogen-bond acceptors (Lipinski definition) is 1. The molecule has 0 bridgehead atoms. The first-order chi connectivity index (χ1) is 6.51. The molecule has 1 rings (SSSR count). The first-order valence-corrected chi connectivity index (χ1v) is 5.08. The second-order valence-electron chi connectivity index (χ2n) is 3.81. The topological polar surface area (TPSA) is 23.8 Å². The Bertz CT molecular complexity index is 358. The van der Waals surface area contributed by atoms with Crippen LogP contribution in [-0.4, -0.2) is 0 Å². The molecule has 0 heterocycles. The van der Waals surface area contributed by atoms with Gasteiger partial charge in [0.05, 0.1) is 11.5 Å². The van der Waals surface area contributed by atoms with E-state index in [0.717, 1.165) is 17.5 Å². The Morgan fingerprint density at radius 3 is 2.50 bits per heavy atom. The van der Waals surface area contributed by atoms with Crippen LogP contribution in [0.1, 0.15) is 31.4 Å². The van der Waals surface area contributed by atoms with Crippen molar-refractivity contribution in [1.82, 2.24) is 0 Å². The lowest BCUT2D eigenvalue weighted by atomic mass is 9.81. The van der Waals surface area contributed by atoms with Crippen molar-refractivity contribution in [2.24, 2.45) is 0 Å². The Kier molecular flexibility index (Phi) is 3.18. The van der Waals surface area contributed by atoms with Gasteiger partial charge in [-0.3, -0.25) is 0 Å². The zero-order chi connectivity index (χ0) is 10.8. The normalized spacial score (nSPS) is 14.5. The van der Waals surface area contributed by atoms with E-state index in [1.54, 1.807) is 0 Å². The highest BCUT2D eigenvalue weighted by molar-refractivity contribution is 6.30. The SMILES string of the molecule is CCC(C)(C#N)c1cc(C)cc(Cl)c1. The van der Waals surface area contributed by atoms with Gasteiger partial charge >= 0.3 is 0 Å². The highest BCUT2D eigenvalue weighted by Gasteiger charge is 2.24. The molecule has 2 heteroatoms. The summed E-state index contributed by atoms with van der Waals surface area (Å²) in [5, 5.41) is 9.83. The highest BCUT2D eigenvalue weighted by atomic mass is 35.5. The van der Waals surface area contributed by atoms with E-state index >= 15 is 0 Å². The Hall–Kier alpha value is -1.00. The van der Waals surface area contributed by atoms with Crippen LogP contribution < -0.4 is 0 Å². The minimum absolute atomic E-state index is 0.421. The lowest BCUT2D eigenvalue weighted by Gasteiger charge is -2.20. The van der Waals surface area contributed by atoms with Crippen LogP contribution in [0.4, 0.5) is 0 Å². The standard InChI is InChI=1S/C12H14ClN/c1-4-12(3,8-14)10-5-9(2)6-11(13)7-10/h5-7H,4H2,1-3H3. The molecule has 1 atom stereocenters. The number of rotatable bonds is 2. The fourth-order valence-electron chi connectivity index (χ4n) is 1.40. The number of nitrogens with zero attached hydrogens (tertiary/aromatic N) is 1. The van der Waals surface area contributed by atoms with Crippen LogP contribution in [0.3, 0.4) is 0 Å². The van der Waals surface area contributed by atoms with Crippen LogP contribution in [-0.2, 0) is 5.41 Å². The average molecular weight is 208 g/mol. The molecule has 0 saturated heterocycles. The van der Waals surface area contributed by atoms with Gasteiger partial charge in [0.25, 0.3) is 0 Å². The second kappa shape index (κ2) is 4.02. The van der Waals surface area contributed by atoms with Gasteiger partial charge in [0.1, 0.15) is 0 Å². The van der Waals surface area contributed by atoms with Gasteiger partial charge in [-0.15, -0.1) is 0 Å². The maximum atomic E-state index is 9.13. The van der Waals surface area contributed by atoms with Crippen LogP contribution in [0.15, 0.2) is 18.2 Å². The molecule has 0 amide bonds. The lowest BCUT2D eigenvalue weighted by molar-refractivity contribution is 0.587. The largest absolute Gasteiger partial charge is 0.197 e. The minimum atomic E-state index is -0.421. The minimum Gasteiger partial charge on any atom is -0.197 e. The summed E-state index contributed by atoms with van der Waals surface area (Å²) < 4.78 is 0. The van der Waals surface area contributed by atoms with Crippen molar-refractivity contribution in [3.05, 3.63) is 34.3 Å². The molecule has 0 N–H and O–H groups in total. The second-order valence-corrected chi connectivity index (χ2v) is 4.25. The van der Waals surface area contributed by atoms with Crippen molar-refractivity contribution in [3.8, 4) is 6.07 Å². The zero-order valence-corrected chi connectivity index (χ0v) is 9.52. The third kappa shape index (κ3) is 2.08. The molecular formula is C12H14ClN. The molecule has 0 spiro atoms. The summed E-state index contributed by atoms with van der Waals surface area (Å²) >= 11 is 5.96. The summed E-state index contributed by atoms with van der Waals surface area (Å²) in [6.07, 6.45) is 0.795. The Balaban J connectivity index is 3.26. The predicted octanol–water partition coefficient (Wildman–Crippen LogP) is 3.84. The van der Waals surface area contributed by atoms with Crippen LogP contribution in [0.5, 0.6) is 0 Å². The van der Waals surface area contributed by atoms with Crippen molar-refractivity contribution in [2.75, 3.05) is 0 Å². The molecule has 1 unspecified atom stereocenters. The molecule has 14 heavy (non-hydrogen) atoms. The number of halogens is 1. The van der Waals surface area contributed by atoms with E-state index in [9.17, 15) is 0 Å². The van der Waals surface area contributed by atoms with Crippen LogP contribution in [0, 0.1) is 18.3 Å². The number of hydrogen-bond donors (Lipinski definition) is 0. The summed E-state index contributed by atoms with van der Waals surface area (Å²) in [5.74, 6) is 0. The molecule has 1 nitrogen and oxygen atoms in total. The van der Waals surface area contributed by atoms with E-state index in [1.165, 1.54) is 0 Å². The fourth-order valence-corrected chi connectivity index (χ4v) is 1.69. The first kappa shape index (κ1) is 11.1. The molecule has 0 saturated carbocycles. The van der Waals surface area contributed by atoms with Gasteiger partial charge in [-0.1, -0.05) is 24.6 Å². The first-order valence-electron chi connectivity index (χ1n) is 4.71. The third-order valence-corrected chi connectivity index (χ3v) is 2.85. The Morgan fingerprint density at radius 2 is 2.07 bits per heavy atom. The van der Waals surface area contributed by atoms with Crippen molar-refractivity contribution in [3.63, 3.8) is 0 Å². The Labute approximate surface area is 90.3 Å². The fraction of sp³-hybridized carbons (Fsp3) is 0.417. The van der Waals surface area contributed by atoms with E-state index in [2.05, 4.69) is 6.07 Å². The van der Waals surface area contributed by atoms with Crippen molar-refractivity contribution in [2.45, 2.75) is 32.6 Å². The summed E-state index contributed by atoms with van der Waals surface area (Å²) in [6, 6.07) is 8.14. The molecule has 0 fully saturated rings. The van der Waals surface area contributed by atoms with Gasteiger partial charge in [-0.05, 0) is 43.5 Å². The van der Waals surface area contributed by atoms with Crippen molar-refractivity contribution in [1.29, 1.82) is 5.26 Å². The monoisotopic (exact) mass is 207 g/mol. The molecule has 0 aliphatic rings. The van der Waals surface area contributed by atoms with Crippen LogP contribution in [0.25, 0.3) is 0 Å². The van der Waals surface area contributed by atoms with E-state index in [1.807, 2.05) is 39.0 Å². The predicted molar refractivity (Wildman–Crippen MR) is 59.4 cm³/mol. The van der Waals surface area contributed by atoms with Crippen LogP contribution in [0.2, 0.25) is 5.02 Å². The van der Waals surface area contributed by atoms with Gasteiger partial charge in [0, 0.05) is 5.02 Å². The molecule has 1 aromatic rings.